The van der Waals surface area contributed by atoms with Crippen molar-refractivity contribution in [3.05, 3.63) is 42.5 Å². The van der Waals surface area contributed by atoms with Crippen LogP contribution in [0.5, 0.6) is 5.75 Å². The fraction of sp³-hybridized carbons (Fsp3) is 0.263. The Hall–Kier alpha value is -2.52. The summed E-state index contributed by atoms with van der Waals surface area (Å²) in [4.78, 5) is 24.8. The van der Waals surface area contributed by atoms with E-state index in [0.717, 1.165) is 4.90 Å². The van der Waals surface area contributed by atoms with Gasteiger partial charge < -0.3 is 15.4 Å². The number of hydrogen-bond acceptors (Lipinski definition) is 6. The van der Waals surface area contributed by atoms with Gasteiger partial charge in [-0.25, -0.2) is 8.42 Å². The lowest BCUT2D eigenvalue weighted by Crippen LogP contribution is -2.27. The van der Waals surface area contributed by atoms with E-state index in [1.165, 1.54) is 25.1 Å². The predicted octanol–water partition coefficient (Wildman–Crippen LogP) is 2.93. The van der Waals surface area contributed by atoms with Gasteiger partial charge in [-0.1, -0.05) is 6.07 Å². The first-order chi connectivity index (χ1) is 13.3. The number of carbonyl (C=O) groups excluding carboxylic acids is 2. The zero-order chi connectivity index (χ0) is 20.3. The molecule has 1 heterocycles. The van der Waals surface area contributed by atoms with Crippen molar-refractivity contribution < 1.29 is 22.7 Å². The molecular weight excluding hydrogens is 400 g/mol. The van der Waals surface area contributed by atoms with Gasteiger partial charge in [-0.05, 0) is 49.6 Å². The summed E-state index contributed by atoms with van der Waals surface area (Å²) in [7, 11) is -3.76. The molecule has 3 rings (SSSR count). The highest BCUT2D eigenvalue weighted by Crippen LogP contribution is 2.31. The highest BCUT2D eigenvalue weighted by molar-refractivity contribution is 7.98. The quantitative estimate of drug-likeness (QED) is 0.697. The molecule has 0 saturated carbocycles. The molecule has 2 aromatic rings. The molecule has 1 aliphatic rings. The lowest BCUT2D eigenvalue weighted by atomic mass is 10.2. The van der Waals surface area contributed by atoms with Crippen molar-refractivity contribution in [1.82, 2.24) is 0 Å². The third kappa shape index (κ3) is 4.48. The van der Waals surface area contributed by atoms with Crippen molar-refractivity contribution in [2.75, 3.05) is 23.5 Å². The molecule has 0 radical (unpaired) electrons. The first-order valence-corrected chi connectivity index (χ1v) is 11.3. The largest absolute Gasteiger partial charge is 0.482 e. The molecule has 1 unspecified atom stereocenters. The van der Waals surface area contributed by atoms with Crippen molar-refractivity contribution in [2.45, 2.75) is 28.4 Å². The van der Waals surface area contributed by atoms with E-state index in [1.54, 1.807) is 17.8 Å². The van der Waals surface area contributed by atoms with Crippen molar-refractivity contribution in [3.63, 3.8) is 0 Å². The number of amides is 2. The maximum Gasteiger partial charge on any atom is 0.262 e. The standard InChI is InChI=1S/C19H20N2O5S2/c1-12(8-18(22)20-13-4-3-5-14(9-13)27-2)28(24,25)15-6-7-17-16(10-15)21-19(23)11-26-17/h3-7,9-10,12H,8,11H2,1-2H3,(H,20,22)(H,21,23). The van der Waals surface area contributed by atoms with Gasteiger partial charge >= 0.3 is 0 Å². The molecular formula is C19H20N2O5S2. The smallest absolute Gasteiger partial charge is 0.262 e. The number of hydrogen-bond donors (Lipinski definition) is 2. The fourth-order valence-corrected chi connectivity index (χ4v) is 4.59. The average molecular weight is 421 g/mol. The number of rotatable bonds is 6. The van der Waals surface area contributed by atoms with Crippen molar-refractivity contribution in [3.8, 4) is 5.75 Å². The number of nitrogens with one attached hydrogen (secondary N) is 2. The normalized spacial score (nSPS) is 14.4. The van der Waals surface area contributed by atoms with E-state index in [9.17, 15) is 18.0 Å². The second-order valence-corrected chi connectivity index (χ2v) is 9.58. The summed E-state index contributed by atoms with van der Waals surface area (Å²) in [5, 5.41) is 4.38. The summed E-state index contributed by atoms with van der Waals surface area (Å²) in [6, 6.07) is 11.6. The molecule has 0 spiro atoms. The van der Waals surface area contributed by atoms with Crippen molar-refractivity contribution >= 4 is 44.8 Å². The van der Waals surface area contributed by atoms with Crippen LogP contribution in [0.25, 0.3) is 0 Å². The maximum atomic E-state index is 12.9. The topological polar surface area (TPSA) is 102 Å². The van der Waals surface area contributed by atoms with Crippen LogP contribution < -0.4 is 15.4 Å². The molecule has 0 aromatic heterocycles. The van der Waals surface area contributed by atoms with E-state index in [0.29, 0.717) is 17.1 Å². The Morgan fingerprint density at radius 3 is 2.82 bits per heavy atom. The van der Waals surface area contributed by atoms with Gasteiger partial charge in [0.05, 0.1) is 15.8 Å². The molecule has 2 N–H and O–H groups in total. The van der Waals surface area contributed by atoms with Gasteiger partial charge in [0.25, 0.3) is 5.91 Å². The number of benzene rings is 2. The summed E-state index contributed by atoms with van der Waals surface area (Å²) >= 11 is 1.55. The number of ether oxygens (including phenoxy) is 1. The van der Waals surface area contributed by atoms with E-state index in [4.69, 9.17) is 4.74 Å². The maximum absolute atomic E-state index is 12.9. The molecule has 1 aliphatic heterocycles. The van der Waals surface area contributed by atoms with E-state index >= 15 is 0 Å². The highest BCUT2D eigenvalue weighted by Gasteiger charge is 2.27. The minimum Gasteiger partial charge on any atom is -0.482 e. The molecule has 2 amide bonds. The third-order valence-electron chi connectivity index (χ3n) is 4.27. The summed E-state index contributed by atoms with van der Waals surface area (Å²) in [6.45, 7) is 1.38. The minimum absolute atomic E-state index is 0.0294. The molecule has 7 nitrogen and oxygen atoms in total. The second-order valence-electron chi connectivity index (χ2n) is 6.33. The number of carbonyl (C=O) groups is 2. The highest BCUT2D eigenvalue weighted by atomic mass is 32.2. The summed E-state index contributed by atoms with van der Waals surface area (Å²) in [5.41, 5.74) is 0.929. The van der Waals surface area contributed by atoms with Gasteiger partial charge in [-0.15, -0.1) is 11.8 Å². The number of sulfone groups is 1. The molecule has 0 fully saturated rings. The SMILES string of the molecule is CSc1cccc(NC(=O)CC(C)S(=O)(=O)c2ccc3c(c2)NC(=O)CO3)c1. The molecule has 0 aliphatic carbocycles. The van der Waals surface area contributed by atoms with E-state index < -0.39 is 15.1 Å². The van der Waals surface area contributed by atoms with E-state index in [-0.39, 0.29) is 29.7 Å². The number of anilines is 2. The Bertz CT molecular complexity index is 1020. The van der Waals surface area contributed by atoms with Crippen LogP contribution in [-0.4, -0.2) is 38.3 Å². The number of thioether (sulfide) groups is 1. The molecule has 28 heavy (non-hydrogen) atoms. The van der Waals surface area contributed by atoms with Gasteiger partial charge in [0.1, 0.15) is 5.75 Å². The Morgan fingerprint density at radius 2 is 2.07 bits per heavy atom. The first kappa shape index (κ1) is 20.2. The molecule has 0 saturated heterocycles. The Balaban J connectivity index is 1.72. The lowest BCUT2D eigenvalue weighted by molar-refractivity contribution is -0.118. The molecule has 0 bridgehead atoms. The Morgan fingerprint density at radius 1 is 1.29 bits per heavy atom. The van der Waals surface area contributed by atoms with Crippen LogP contribution in [0.4, 0.5) is 11.4 Å². The van der Waals surface area contributed by atoms with Crippen LogP contribution in [0.1, 0.15) is 13.3 Å². The molecule has 2 aromatic carbocycles. The monoisotopic (exact) mass is 420 g/mol. The first-order valence-electron chi connectivity index (χ1n) is 8.54. The molecule has 148 valence electrons. The average Bonchev–Trinajstić information content (AvgIpc) is 2.67. The Kier molecular flexibility index (Phi) is 5.95. The van der Waals surface area contributed by atoms with Gasteiger partial charge in [0.15, 0.2) is 16.4 Å². The van der Waals surface area contributed by atoms with E-state index in [2.05, 4.69) is 10.6 Å². The van der Waals surface area contributed by atoms with Gasteiger partial charge in [-0.3, -0.25) is 9.59 Å². The van der Waals surface area contributed by atoms with Gasteiger partial charge in [0, 0.05) is 17.0 Å². The zero-order valence-corrected chi connectivity index (χ0v) is 17.0. The van der Waals surface area contributed by atoms with Crippen molar-refractivity contribution in [1.29, 1.82) is 0 Å². The zero-order valence-electron chi connectivity index (χ0n) is 15.4. The van der Waals surface area contributed by atoms with Crippen LogP contribution in [0.3, 0.4) is 0 Å². The summed E-state index contributed by atoms with van der Waals surface area (Å²) in [6.07, 6.45) is 1.74. The summed E-state index contributed by atoms with van der Waals surface area (Å²) < 4.78 is 30.9. The lowest BCUT2D eigenvalue weighted by Gasteiger charge is -2.19. The fourth-order valence-electron chi connectivity index (χ4n) is 2.76. The van der Waals surface area contributed by atoms with Crippen LogP contribution >= 0.6 is 11.8 Å². The molecule has 9 heteroatoms. The van der Waals surface area contributed by atoms with Crippen LogP contribution in [0.15, 0.2) is 52.3 Å². The minimum atomic E-state index is -3.76. The molecule has 1 atom stereocenters. The second kappa shape index (κ2) is 8.24. The van der Waals surface area contributed by atoms with Gasteiger partial charge in [0.2, 0.25) is 5.91 Å². The number of fused-ring (bicyclic) bond motifs is 1. The third-order valence-corrected chi connectivity index (χ3v) is 7.13. The Labute approximate surface area is 167 Å². The predicted molar refractivity (Wildman–Crippen MR) is 109 cm³/mol. The van der Waals surface area contributed by atoms with Crippen molar-refractivity contribution in [2.24, 2.45) is 0 Å². The van der Waals surface area contributed by atoms with Crippen LogP contribution in [0, 0.1) is 0 Å². The summed E-state index contributed by atoms with van der Waals surface area (Å²) in [5.74, 6) is -0.316. The van der Waals surface area contributed by atoms with E-state index in [1.807, 2.05) is 24.5 Å². The van der Waals surface area contributed by atoms with Gasteiger partial charge in [-0.2, -0.15) is 0 Å². The van der Waals surface area contributed by atoms with Crippen LogP contribution in [0.2, 0.25) is 0 Å². The van der Waals surface area contributed by atoms with Crippen LogP contribution in [-0.2, 0) is 19.4 Å².